The molecule has 0 saturated heterocycles. The summed E-state index contributed by atoms with van der Waals surface area (Å²) < 4.78 is 22.8. The first-order chi connectivity index (χ1) is 11.3. The van der Waals surface area contributed by atoms with Crippen molar-refractivity contribution >= 4 is 28.2 Å². The minimum absolute atomic E-state index is 0. The topological polar surface area (TPSA) is 89.3 Å². The van der Waals surface area contributed by atoms with Gasteiger partial charge in [0.2, 0.25) is 5.91 Å². The van der Waals surface area contributed by atoms with Crippen molar-refractivity contribution in [1.82, 2.24) is 5.32 Å². The summed E-state index contributed by atoms with van der Waals surface area (Å²) in [6.45, 7) is 0.974. The number of amides is 1. The van der Waals surface area contributed by atoms with Gasteiger partial charge in [0.15, 0.2) is 9.84 Å². The van der Waals surface area contributed by atoms with E-state index in [2.05, 4.69) is 5.32 Å². The lowest BCUT2D eigenvalue weighted by Gasteiger charge is -2.35. The van der Waals surface area contributed by atoms with E-state index in [1.165, 1.54) is 12.7 Å². The summed E-state index contributed by atoms with van der Waals surface area (Å²) in [7, 11) is -3.06. The molecule has 25 heavy (non-hydrogen) atoms. The summed E-state index contributed by atoms with van der Waals surface area (Å²) in [6.07, 6.45) is 7.29. The van der Waals surface area contributed by atoms with E-state index in [9.17, 15) is 13.2 Å². The molecule has 1 aromatic rings. The van der Waals surface area contributed by atoms with Gasteiger partial charge in [0, 0.05) is 19.2 Å². The van der Waals surface area contributed by atoms with E-state index in [4.69, 9.17) is 5.73 Å². The molecule has 0 aromatic heterocycles. The quantitative estimate of drug-likeness (QED) is 0.751. The summed E-state index contributed by atoms with van der Waals surface area (Å²) in [5.41, 5.74) is 7.55. The first-order valence-electron chi connectivity index (χ1n) is 8.54. The molecule has 0 aliphatic heterocycles. The van der Waals surface area contributed by atoms with Gasteiger partial charge in [0.05, 0.1) is 5.75 Å². The van der Waals surface area contributed by atoms with Crippen LogP contribution in [0.2, 0.25) is 0 Å². The Morgan fingerprint density at radius 1 is 1.20 bits per heavy atom. The number of halogens is 1. The molecule has 0 spiro atoms. The molecule has 1 aliphatic carbocycles. The molecule has 0 bridgehead atoms. The number of hydrogen-bond donors (Lipinski definition) is 2. The highest BCUT2D eigenvalue weighted by Crippen LogP contribution is 2.38. The second-order valence-corrected chi connectivity index (χ2v) is 9.25. The molecule has 3 N–H and O–H groups in total. The molecule has 2 rings (SSSR count). The van der Waals surface area contributed by atoms with Crippen molar-refractivity contribution in [1.29, 1.82) is 0 Å². The Balaban J connectivity index is 0.00000312. The monoisotopic (exact) mass is 388 g/mol. The van der Waals surface area contributed by atoms with Gasteiger partial charge in [-0.3, -0.25) is 4.79 Å². The Hall–Kier alpha value is -1.11. The zero-order chi connectivity index (χ0) is 17.6. The van der Waals surface area contributed by atoms with Crippen LogP contribution in [0.4, 0.5) is 0 Å². The molecule has 1 aliphatic rings. The van der Waals surface area contributed by atoms with Crippen LogP contribution in [-0.2, 0) is 26.9 Å². The lowest BCUT2D eigenvalue weighted by atomic mass is 9.71. The number of rotatable bonds is 7. The van der Waals surface area contributed by atoms with Crippen molar-refractivity contribution in [2.45, 2.75) is 50.8 Å². The molecule has 0 atom stereocenters. The molecule has 1 amide bonds. The number of hydrogen-bond acceptors (Lipinski definition) is 4. The predicted octanol–water partition coefficient (Wildman–Crippen LogP) is 2.57. The summed E-state index contributed by atoms with van der Waals surface area (Å²) in [4.78, 5) is 12.3. The molecule has 0 heterocycles. The highest BCUT2D eigenvalue weighted by molar-refractivity contribution is 7.89. The Bertz CT molecular complexity index is 671. The zero-order valence-corrected chi connectivity index (χ0v) is 16.4. The number of carbonyl (C=O) groups is 1. The van der Waals surface area contributed by atoms with E-state index in [0.29, 0.717) is 19.5 Å². The molecule has 142 valence electrons. The highest BCUT2D eigenvalue weighted by Gasteiger charge is 2.32. The van der Waals surface area contributed by atoms with Crippen LogP contribution in [0.1, 0.15) is 49.7 Å². The fourth-order valence-corrected chi connectivity index (χ4v) is 4.28. The third kappa shape index (κ3) is 7.34. The van der Waals surface area contributed by atoms with Gasteiger partial charge in [-0.1, -0.05) is 43.5 Å². The minimum Gasteiger partial charge on any atom is -0.352 e. The average Bonchev–Trinajstić information content (AvgIpc) is 2.52. The maximum Gasteiger partial charge on any atom is 0.220 e. The fourth-order valence-electron chi connectivity index (χ4n) is 3.49. The molecular formula is C18H29ClN2O3S. The van der Waals surface area contributed by atoms with Gasteiger partial charge >= 0.3 is 0 Å². The van der Waals surface area contributed by atoms with Crippen molar-refractivity contribution in [3.63, 3.8) is 0 Å². The molecular weight excluding hydrogens is 360 g/mol. The standard InChI is InChI=1S/C18H28N2O3S.ClH/c1-24(22,23)13-16-7-5-6-15(10-16)12-20-17(21)11-18(14-19)8-3-2-4-9-18;/h5-7,10H,2-4,8-9,11-14,19H2,1H3,(H,20,21);1H. The second kappa shape index (κ2) is 9.55. The van der Waals surface area contributed by atoms with Crippen LogP contribution in [0.25, 0.3) is 0 Å². The molecule has 0 unspecified atom stereocenters. The number of benzene rings is 1. The Labute approximate surface area is 157 Å². The number of sulfone groups is 1. The van der Waals surface area contributed by atoms with Crippen LogP contribution in [0, 0.1) is 5.41 Å². The highest BCUT2D eigenvalue weighted by atomic mass is 35.5. The van der Waals surface area contributed by atoms with Crippen molar-refractivity contribution in [2.75, 3.05) is 12.8 Å². The van der Waals surface area contributed by atoms with Crippen LogP contribution in [0.3, 0.4) is 0 Å². The van der Waals surface area contributed by atoms with Crippen molar-refractivity contribution in [3.8, 4) is 0 Å². The molecule has 0 radical (unpaired) electrons. The first kappa shape index (κ1) is 21.9. The van der Waals surface area contributed by atoms with Gasteiger partial charge in [-0.25, -0.2) is 8.42 Å². The molecule has 5 nitrogen and oxygen atoms in total. The molecule has 1 fully saturated rings. The van der Waals surface area contributed by atoms with Gasteiger partial charge in [0.1, 0.15) is 0 Å². The van der Waals surface area contributed by atoms with Crippen LogP contribution in [0.15, 0.2) is 24.3 Å². The van der Waals surface area contributed by atoms with Gasteiger partial charge in [0.25, 0.3) is 0 Å². The van der Waals surface area contributed by atoms with Gasteiger partial charge in [-0.05, 0) is 35.9 Å². The average molecular weight is 389 g/mol. The zero-order valence-electron chi connectivity index (χ0n) is 14.8. The van der Waals surface area contributed by atoms with Crippen molar-refractivity contribution in [2.24, 2.45) is 11.1 Å². The van der Waals surface area contributed by atoms with E-state index < -0.39 is 9.84 Å². The smallest absolute Gasteiger partial charge is 0.220 e. The maximum absolute atomic E-state index is 12.3. The van der Waals surface area contributed by atoms with Crippen molar-refractivity contribution in [3.05, 3.63) is 35.4 Å². The summed E-state index contributed by atoms with van der Waals surface area (Å²) in [6, 6.07) is 7.34. The van der Waals surface area contributed by atoms with E-state index in [1.54, 1.807) is 6.07 Å². The normalized spacial score (nSPS) is 16.7. The minimum atomic E-state index is -3.06. The van der Waals surface area contributed by atoms with Crippen LogP contribution < -0.4 is 11.1 Å². The maximum atomic E-state index is 12.3. The van der Waals surface area contributed by atoms with Gasteiger partial charge < -0.3 is 11.1 Å². The third-order valence-corrected chi connectivity index (χ3v) is 5.65. The lowest BCUT2D eigenvalue weighted by molar-refractivity contribution is -0.124. The Morgan fingerprint density at radius 3 is 2.44 bits per heavy atom. The van der Waals surface area contributed by atoms with E-state index in [1.807, 2.05) is 18.2 Å². The molecule has 1 aromatic carbocycles. The van der Waals surface area contributed by atoms with Gasteiger partial charge in [-0.15, -0.1) is 12.4 Å². The first-order valence-corrected chi connectivity index (χ1v) is 10.6. The van der Waals surface area contributed by atoms with Gasteiger partial charge in [-0.2, -0.15) is 0 Å². The summed E-state index contributed by atoms with van der Waals surface area (Å²) in [5.74, 6) is 0.0429. The Kier molecular flexibility index (Phi) is 8.38. The fraction of sp³-hybridized carbons (Fsp3) is 0.611. The Morgan fingerprint density at radius 2 is 1.84 bits per heavy atom. The molecule has 7 heteroatoms. The summed E-state index contributed by atoms with van der Waals surface area (Å²) in [5, 5.41) is 2.95. The predicted molar refractivity (Wildman–Crippen MR) is 103 cm³/mol. The van der Waals surface area contributed by atoms with Crippen LogP contribution >= 0.6 is 12.4 Å². The van der Waals surface area contributed by atoms with Crippen LogP contribution in [-0.4, -0.2) is 27.1 Å². The van der Waals surface area contributed by atoms with Crippen molar-refractivity contribution < 1.29 is 13.2 Å². The van der Waals surface area contributed by atoms with E-state index in [0.717, 1.165) is 36.8 Å². The summed E-state index contributed by atoms with van der Waals surface area (Å²) >= 11 is 0. The number of nitrogens with one attached hydrogen (secondary N) is 1. The number of carbonyl (C=O) groups excluding carboxylic acids is 1. The third-order valence-electron chi connectivity index (χ3n) is 4.79. The van der Waals surface area contributed by atoms with E-state index in [-0.39, 0.29) is 29.5 Å². The van der Waals surface area contributed by atoms with E-state index >= 15 is 0 Å². The SMILES string of the molecule is CS(=O)(=O)Cc1cccc(CNC(=O)CC2(CN)CCCCC2)c1.Cl. The lowest BCUT2D eigenvalue weighted by Crippen LogP contribution is -2.38. The largest absolute Gasteiger partial charge is 0.352 e. The number of nitrogens with two attached hydrogens (primary N) is 1. The van der Waals surface area contributed by atoms with Crippen LogP contribution in [0.5, 0.6) is 0 Å². The molecule has 1 saturated carbocycles. The second-order valence-electron chi connectivity index (χ2n) is 7.11.